The molecule has 15 heavy (non-hydrogen) atoms. The molecule has 1 rings (SSSR count). The molecule has 0 heterocycles. The van der Waals surface area contributed by atoms with Crippen molar-refractivity contribution in [1.29, 1.82) is 0 Å². The Morgan fingerprint density at radius 2 is 2.07 bits per heavy atom. The van der Waals surface area contributed by atoms with Crippen molar-refractivity contribution < 1.29 is 14.6 Å². The zero-order chi connectivity index (χ0) is 11.3. The number of para-hydroxylation sites is 1. The SMILES string of the molecule is COc1cccc(CCO)c1OC(C)C. The van der Waals surface area contributed by atoms with E-state index in [0.717, 1.165) is 17.1 Å². The summed E-state index contributed by atoms with van der Waals surface area (Å²) in [7, 11) is 1.62. The third-order valence-electron chi connectivity index (χ3n) is 2.02. The second-order valence-corrected chi connectivity index (χ2v) is 3.59. The van der Waals surface area contributed by atoms with Crippen LogP contribution in [0.15, 0.2) is 18.2 Å². The molecular formula is C12H18O3. The Kier molecular flexibility index (Phi) is 4.43. The van der Waals surface area contributed by atoms with Crippen LogP contribution < -0.4 is 9.47 Å². The number of hydrogen-bond donors (Lipinski definition) is 1. The van der Waals surface area contributed by atoms with E-state index in [1.165, 1.54) is 0 Å². The molecule has 0 aromatic heterocycles. The van der Waals surface area contributed by atoms with Crippen LogP contribution in [0, 0.1) is 0 Å². The van der Waals surface area contributed by atoms with Crippen LogP contribution in [0.5, 0.6) is 11.5 Å². The van der Waals surface area contributed by atoms with Crippen LogP contribution in [0.3, 0.4) is 0 Å². The first-order valence-corrected chi connectivity index (χ1v) is 5.12. The standard InChI is InChI=1S/C12H18O3/c1-9(2)15-12-10(7-8-13)5-4-6-11(12)14-3/h4-6,9,13H,7-8H2,1-3H3. The molecule has 1 N–H and O–H groups in total. The van der Waals surface area contributed by atoms with Crippen LogP contribution in [0.1, 0.15) is 19.4 Å². The highest BCUT2D eigenvalue weighted by molar-refractivity contribution is 5.46. The van der Waals surface area contributed by atoms with E-state index in [-0.39, 0.29) is 12.7 Å². The molecule has 84 valence electrons. The van der Waals surface area contributed by atoms with Crippen LogP contribution in [-0.2, 0) is 6.42 Å². The Morgan fingerprint density at radius 1 is 1.33 bits per heavy atom. The first-order valence-electron chi connectivity index (χ1n) is 5.12. The predicted molar refractivity (Wildman–Crippen MR) is 59.5 cm³/mol. The zero-order valence-electron chi connectivity index (χ0n) is 9.49. The number of benzene rings is 1. The van der Waals surface area contributed by atoms with Gasteiger partial charge in [0.15, 0.2) is 11.5 Å². The molecular weight excluding hydrogens is 192 g/mol. The van der Waals surface area contributed by atoms with Gasteiger partial charge in [-0.05, 0) is 26.3 Å². The molecule has 3 heteroatoms. The Hall–Kier alpha value is -1.22. The molecule has 3 nitrogen and oxygen atoms in total. The number of aliphatic hydroxyl groups excluding tert-OH is 1. The van der Waals surface area contributed by atoms with E-state index < -0.39 is 0 Å². The topological polar surface area (TPSA) is 38.7 Å². The Morgan fingerprint density at radius 3 is 2.60 bits per heavy atom. The van der Waals surface area contributed by atoms with Crippen molar-refractivity contribution in [2.45, 2.75) is 26.4 Å². The van der Waals surface area contributed by atoms with Crippen LogP contribution >= 0.6 is 0 Å². The van der Waals surface area contributed by atoms with Gasteiger partial charge < -0.3 is 14.6 Å². The largest absolute Gasteiger partial charge is 0.493 e. The number of rotatable bonds is 5. The van der Waals surface area contributed by atoms with E-state index in [9.17, 15) is 0 Å². The van der Waals surface area contributed by atoms with Gasteiger partial charge in [-0.2, -0.15) is 0 Å². The summed E-state index contributed by atoms with van der Waals surface area (Å²) in [5, 5.41) is 8.95. The minimum Gasteiger partial charge on any atom is -0.493 e. The normalized spacial score (nSPS) is 10.5. The quantitative estimate of drug-likeness (QED) is 0.808. The first kappa shape index (κ1) is 11.9. The van der Waals surface area contributed by atoms with E-state index in [2.05, 4.69) is 0 Å². The number of hydrogen-bond acceptors (Lipinski definition) is 3. The minimum atomic E-state index is 0.0961. The summed E-state index contributed by atoms with van der Waals surface area (Å²) >= 11 is 0. The maximum Gasteiger partial charge on any atom is 0.164 e. The van der Waals surface area contributed by atoms with Crippen molar-refractivity contribution in [3.63, 3.8) is 0 Å². The smallest absolute Gasteiger partial charge is 0.164 e. The lowest BCUT2D eigenvalue weighted by molar-refractivity contribution is 0.225. The summed E-state index contributed by atoms with van der Waals surface area (Å²) in [6.07, 6.45) is 0.679. The van der Waals surface area contributed by atoms with Crippen molar-refractivity contribution in [2.75, 3.05) is 13.7 Å². The molecule has 0 atom stereocenters. The van der Waals surface area contributed by atoms with E-state index in [4.69, 9.17) is 14.6 Å². The molecule has 0 unspecified atom stereocenters. The van der Waals surface area contributed by atoms with E-state index in [1.807, 2.05) is 32.0 Å². The fraction of sp³-hybridized carbons (Fsp3) is 0.500. The van der Waals surface area contributed by atoms with Crippen molar-refractivity contribution in [1.82, 2.24) is 0 Å². The van der Waals surface area contributed by atoms with Crippen LogP contribution in [0.25, 0.3) is 0 Å². The molecule has 0 spiro atoms. The molecule has 0 saturated carbocycles. The summed E-state index contributed by atoms with van der Waals surface area (Å²) in [5.74, 6) is 1.46. The first-order chi connectivity index (χ1) is 7.19. The second kappa shape index (κ2) is 5.61. The molecule has 0 aliphatic carbocycles. The van der Waals surface area contributed by atoms with Gasteiger partial charge in [-0.25, -0.2) is 0 Å². The fourth-order valence-corrected chi connectivity index (χ4v) is 1.41. The van der Waals surface area contributed by atoms with Gasteiger partial charge in [0, 0.05) is 12.2 Å². The van der Waals surface area contributed by atoms with Crippen molar-refractivity contribution in [3.8, 4) is 11.5 Å². The van der Waals surface area contributed by atoms with Gasteiger partial charge in [0.2, 0.25) is 0 Å². The van der Waals surface area contributed by atoms with E-state index >= 15 is 0 Å². The van der Waals surface area contributed by atoms with Gasteiger partial charge in [0.25, 0.3) is 0 Å². The molecule has 0 radical (unpaired) electrons. The summed E-state index contributed by atoms with van der Waals surface area (Å²) in [6, 6.07) is 5.70. The van der Waals surface area contributed by atoms with Crippen molar-refractivity contribution in [2.24, 2.45) is 0 Å². The van der Waals surface area contributed by atoms with E-state index in [0.29, 0.717) is 6.42 Å². The highest BCUT2D eigenvalue weighted by atomic mass is 16.5. The second-order valence-electron chi connectivity index (χ2n) is 3.59. The Bertz CT molecular complexity index is 308. The third kappa shape index (κ3) is 3.13. The molecule has 0 fully saturated rings. The molecule has 0 amide bonds. The lowest BCUT2D eigenvalue weighted by Gasteiger charge is -2.16. The van der Waals surface area contributed by atoms with Crippen LogP contribution in [-0.4, -0.2) is 24.9 Å². The molecule has 0 bridgehead atoms. The third-order valence-corrected chi connectivity index (χ3v) is 2.02. The van der Waals surface area contributed by atoms with Gasteiger partial charge >= 0.3 is 0 Å². The molecule has 1 aromatic rings. The fourth-order valence-electron chi connectivity index (χ4n) is 1.41. The summed E-state index contributed by atoms with van der Waals surface area (Å²) in [5.41, 5.74) is 0.977. The highest BCUT2D eigenvalue weighted by Crippen LogP contribution is 2.32. The Labute approximate surface area is 90.6 Å². The van der Waals surface area contributed by atoms with Gasteiger partial charge in [0.1, 0.15) is 0 Å². The summed E-state index contributed by atoms with van der Waals surface area (Å²) in [6.45, 7) is 4.05. The minimum absolute atomic E-state index is 0.0961. The zero-order valence-corrected chi connectivity index (χ0v) is 9.49. The predicted octanol–water partition coefficient (Wildman–Crippen LogP) is 2.02. The summed E-state index contributed by atoms with van der Waals surface area (Å²) in [4.78, 5) is 0. The van der Waals surface area contributed by atoms with E-state index in [1.54, 1.807) is 7.11 Å². The maximum atomic E-state index is 8.95. The average molecular weight is 210 g/mol. The molecule has 0 saturated heterocycles. The van der Waals surface area contributed by atoms with Gasteiger partial charge in [0.05, 0.1) is 13.2 Å². The molecule has 1 aromatic carbocycles. The number of ether oxygens (including phenoxy) is 2. The molecule has 0 aliphatic rings. The van der Waals surface area contributed by atoms with Gasteiger partial charge in [-0.3, -0.25) is 0 Å². The Balaban J connectivity index is 3.02. The van der Waals surface area contributed by atoms with Crippen molar-refractivity contribution in [3.05, 3.63) is 23.8 Å². The summed E-state index contributed by atoms with van der Waals surface area (Å²) < 4.78 is 10.9. The van der Waals surface area contributed by atoms with Crippen molar-refractivity contribution >= 4 is 0 Å². The molecule has 0 aliphatic heterocycles. The lowest BCUT2D eigenvalue weighted by Crippen LogP contribution is -2.09. The van der Waals surface area contributed by atoms with Gasteiger partial charge in [-0.15, -0.1) is 0 Å². The maximum absolute atomic E-state index is 8.95. The van der Waals surface area contributed by atoms with Crippen LogP contribution in [0.2, 0.25) is 0 Å². The number of methoxy groups -OCH3 is 1. The van der Waals surface area contributed by atoms with Gasteiger partial charge in [-0.1, -0.05) is 12.1 Å². The average Bonchev–Trinajstić information content (AvgIpc) is 2.20. The lowest BCUT2D eigenvalue weighted by atomic mass is 10.1. The highest BCUT2D eigenvalue weighted by Gasteiger charge is 2.11. The number of aliphatic hydroxyl groups is 1. The van der Waals surface area contributed by atoms with Crippen LogP contribution in [0.4, 0.5) is 0 Å². The monoisotopic (exact) mass is 210 g/mol.